The van der Waals surface area contributed by atoms with Gasteiger partial charge in [0.2, 0.25) is 0 Å². The van der Waals surface area contributed by atoms with Gasteiger partial charge < -0.3 is 20.1 Å². The quantitative estimate of drug-likeness (QED) is 0.833. The van der Waals surface area contributed by atoms with Crippen molar-refractivity contribution < 1.29 is 27.8 Å². The minimum absolute atomic E-state index is 0.109. The number of hydrogen-bond donors (Lipinski definition) is 2. The summed E-state index contributed by atoms with van der Waals surface area (Å²) in [6.07, 6.45) is -2.83. The van der Waals surface area contributed by atoms with Gasteiger partial charge in [-0.2, -0.15) is 13.2 Å². The minimum Gasteiger partial charge on any atom is -0.380 e. The average molecular weight is 310 g/mol. The van der Waals surface area contributed by atoms with E-state index in [2.05, 4.69) is 5.32 Å². The number of amides is 2. The van der Waals surface area contributed by atoms with E-state index in [1.165, 1.54) is 4.90 Å². The molecule has 1 heterocycles. The van der Waals surface area contributed by atoms with Crippen LogP contribution in [0.5, 0.6) is 0 Å². The number of aliphatic hydroxyl groups is 1. The molecule has 0 atom stereocenters. The van der Waals surface area contributed by atoms with Crippen LogP contribution in [0, 0.1) is 0 Å². The van der Waals surface area contributed by atoms with Crippen molar-refractivity contribution in [3.05, 3.63) is 0 Å². The second-order valence-corrected chi connectivity index (χ2v) is 5.92. The van der Waals surface area contributed by atoms with Crippen LogP contribution in [0.15, 0.2) is 0 Å². The van der Waals surface area contributed by atoms with Crippen molar-refractivity contribution >= 4 is 6.03 Å². The number of likely N-dealkylation sites (tertiary alicyclic amines) is 1. The first-order valence-electron chi connectivity index (χ1n) is 7.08. The summed E-state index contributed by atoms with van der Waals surface area (Å²) in [7, 11) is 1.59. The Kier molecular flexibility index (Phi) is 4.39. The Labute approximate surface area is 121 Å². The number of urea groups is 1. The number of carbonyl (C=O) groups is 1. The summed E-state index contributed by atoms with van der Waals surface area (Å²) in [6, 6.07) is -0.400. The molecular formula is C13H21F3N2O3. The minimum atomic E-state index is -4.65. The van der Waals surface area contributed by atoms with Crippen molar-refractivity contribution in [2.24, 2.45) is 0 Å². The highest BCUT2D eigenvalue weighted by Gasteiger charge is 2.55. The van der Waals surface area contributed by atoms with Crippen LogP contribution >= 0.6 is 0 Å². The Balaban J connectivity index is 1.81. The number of carbonyl (C=O) groups excluding carboxylic acids is 1. The highest BCUT2D eigenvalue weighted by molar-refractivity contribution is 5.74. The van der Waals surface area contributed by atoms with Gasteiger partial charge in [0.15, 0.2) is 5.60 Å². The Morgan fingerprint density at radius 1 is 1.29 bits per heavy atom. The van der Waals surface area contributed by atoms with Gasteiger partial charge in [-0.25, -0.2) is 4.79 Å². The maximum absolute atomic E-state index is 12.7. The highest BCUT2D eigenvalue weighted by atomic mass is 19.4. The molecule has 0 aromatic carbocycles. The standard InChI is InChI=1S/C13H21F3N2O3/c1-21-11(3-2-4-11)9-17-10(19)18-7-5-12(20,6-8-18)13(14,15)16/h20H,2-9H2,1H3,(H,17,19). The first kappa shape index (κ1) is 16.4. The fraction of sp³-hybridized carbons (Fsp3) is 0.923. The van der Waals surface area contributed by atoms with Crippen molar-refractivity contribution in [1.82, 2.24) is 10.2 Å². The Morgan fingerprint density at radius 2 is 1.86 bits per heavy atom. The van der Waals surface area contributed by atoms with E-state index in [1.54, 1.807) is 7.11 Å². The van der Waals surface area contributed by atoms with Gasteiger partial charge >= 0.3 is 12.2 Å². The SMILES string of the molecule is COC1(CNC(=O)N2CCC(O)(C(F)(F)F)CC2)CCC1. The number of rotatable bonds is 3. The predicted molar refractivity (Wildman–Crippen MR) is 68.8 cm³/mol. The number of nitrogens with one attached hydrogen (secondary N) is 1. The molecule has 2 fully saturated rings. The highest BCUT2D eigenvalue weighted by Crippen LogP contribution is 2.38. The number of alkyl halides is 3. The summed E-state index contributed by atoms with van der Waals surface area (Å²) in [6.45, 7) is 0.145. The maximum atomic E-state index is 12.7. The molecule has 0 spiro atoms. The molecule has 1 saturated carbocycles. The number of methoxy groups -OCH3 is 1. The van der Waals surface area contributed by atoms with Gasteiger partial charge in [-0.1, -0.05) is 0 Å². The molecule has 2 rings (SSSR count). The molecule has 1 aliphatic heterocycles. The molecule has 2 N–H and O–H groups in total. The van der Waals surface area contributed by atoms with E-state index < -0.39 is 30.7 Å². The molecule has 0 radical (unpaired) electrons. The van der Waals surface area contributed by atoms with Gasteiger partial charge in [0.1, 0.15) is 0 Å². The summed E-state index contributed by atoms with van der Waals surface area (Å²) in [5.41, 5.74) is -3.00. The molecule has 1 saturated heterocycles. The second-order valence-electron chi connectivity index (χ2n) is 5.92. The monoisotopic (exact) mass is 310 g/mol. The zero-order valence-corrected chi connectivity index (χ0v) is 12.0. The van der Waals surface area contributed by atoms with Gasteiger partial charge in [0.05, 0.1) is 5.60 Å². The third-order valence-corrected chi connectivity index (χ3v) is 4.67. The van der Waals surface area contributed by atoms with E-state index in [9.17, 15) is 23.1 Å². The van der Waals surface area contributed by atoms with Crippen LogP contribution in [0.4, 0.5) is 18.0 Å². The lowest BCUT2D eigenvalue weighted by Gasteiger charge is -2.42. The summed E-state index contributed by atoms with van der Waals surface area (Å²) < 4.78 is 43.4. The van der Waals surface area contributed by atoms with Crippen LogP contribution in [-0.4, -0.2) is 60.2 Å². The lowest BCUT2D eigenvalue weighted by molar-refractivity contribution is -0.271. The first-order chi connectivity index (χ1) is 9.71. The predicted octanol–water partition coefficient (Wildman–Crippen LogP) is 1.65. The van der Waals surface area contributed by atoms with Crippen LogP contribution in [-0.2, 0) is 4.74 Å². The molecule has 2 aliphatic rings. The molecule has 0 bridgehead atoms. The van der Waals surface area contributed by atoms with Crippen molar-refractivity contribution in [2.45, 2.75) is 49.5 Å². The van der Waals surface area contributed by atoms with Crippen LogP contribution in [0.3, 0.4) is 0 Å². The Bertz CT molecular complexity index is 383. The molecule has 1 aliphatic carbocycles. The largest absolute Gasteiger partial charge is 0.417 e. The molecule has 122 valence electrons. The summed E-state index contributed by atoms with van der Waals surface area (Å²) in [5, 5.41) is 12.3. The fourth-order valence-electron chi connectivity index (χ4n) is 2.74. The lowest BCUT2D eigenvalue weighted by Crippen LogP contribution is -2.57. The van der Waals surface area contributed by atoms with E-state index in [-0.39, 0.29) is 18.7 Å². The van der Waals surface area contributed by atoms with Crippen LogP contribution in [0.1, 0.15) is 32.1 Å². The zero-order chi connectivity index (χ0) is 15.7. The van der Waals surface area contributed by atoms with E-state index in [4.69, 9.17) is 4.74 Å². The number of piperidine rings is 1. The number of ether oxygens (including phenoxy) is 1. The molecule has 21 heavy (non-hydrogen) atoms. The normalized spacial score (nSPS) is 24.3. The summed E-state index contributed by atoms with van der Waals surface area (Å²) in [4.78, 5) is 13.3. The fourth-order valence-corrected chi connectivity index (χ4v) is 2.74. The van der Waals surface area contributed by atoms with E-state index in [1.807, 2.05) is 0 Å². The van der Waals surface area contributed by atoms with E-state index in [0.717, 1.165) is 19.3 Å². The van der Waals surface area contributed by atoms with Gasteiger partial charge in [-0.3, -0.25) is 0 Å². The zero-order valence-electron chi connectivity index (χ0n) is 12.0. The molecule has 8 heteroatoms. The summed E-state index contributed by atoms with van der Waals surface area (Å²) in [5.74, 6) is 0. The molecule has 2 amide bonds. The summed E-state index contributed by atoms with van der Waals surface area (Å²) >= 11 is 0. The molecule has 0 aromatic heterocycles. The van der Waals surface area contributed by atoms with Crippen molar-refractivity contribution in [2.75, 3.05) is 26.7 Å². The molecule has 0 unspecified atom stereocenters. The van der Waals surface area contributed by atoms with Crippen molar-refractivity contribution in [1.29, 1.82) is 0 Å². The molecular weight excluding hydrogens is 289 g/mol. The van der Waals surface area contributed by atoms with Crippen LogP contribution in [0.2, 0.25) is 0 Å². The van der Waals surface area contributed by atoms with Crippen LogP contribution < -0.4 is 5.32 Å². The second kappa shape index (κ2) is 5.64. The first-order valence-corrected chi connectivity index (χ1v) is 7.08. The van der Waals surface area contributed by atoms with Gasteiger partial charge in [-0.15, -0.1) is 0 Å². The van der Waals surface area contributed by atoms with Gasteiger partial charge in [-0.05, 0) is 19.3 Å². The maximum Gasteiger partial charge on any atom is 0.417 e. The number of nitrogens with zero attached hydrogens (tertiary/aromatic N) is 1. The third-order valence-electron chi connectivity index (χ3n) is 4.67. The van der Waals surface area contributed by atoms with Crippen molar-refractivity contribution in [3.8, 4) is 0 Å². The topological polar surface area (TPSA) is 61.8 Å². The number of halogens is 3. The molecule has 0 aromatic rings. The average Bonchev–Trinajstić information content (AvgIpc) is 2.37. The molecule has 5 nitrogen and oxygen atoms in total. The third kappa shape index (κ3) is 3.26. The van der Waals surface area contributed by atoms with Crippen LogP contribution in [0.25, 0.3) is 0 Å². The Morgan fingerprint density at radius 3 is 2.24 bits per heavy atom. The number of hydrogen-bond acceptors (Lipinski definition) is 3. The van der Waals surface area contributed by atoms with E-state index >= 15 is 0 Å². The van der Waals surface area contributed by atoms with E-state index in [0.29, 0.717) is 6.54 Å². The smallest absolute Gasteiger partial charge is 0.380 e. The lowest BCUT2D eigenvalue weighted by atomic mass is 9.80. The van der Waals surface area contributed by atoms with Gasteiger partial charge in [0, 0.05) is 39.6 Å². The Hall–Kier alpha value is -1.02. The van der Waals surface area contributed by atoms with Gasteiger partial charge in [0.25, 0.3) is 0 Å². The van der Waals surface area contributed by atoms with Crippen molar-refractivity contribution in [3.63, 3.8) is 0 Å².